The molecule has 37 heavy (non-hydrogen) atoms. The van der Waals surface area contributed by atoms with Crippen molar-refractivity contribution in [2.24, 2.45) is 0 Å². The molecule has 3 aliphatic rings. The van der Waals surface area contributed by atoms with Gasteiger partial charge >= 0.3 is 6.01 Å². The fourth-order valence-electron chi connectivity index (χ4n) is 6.28. The monoisotopic (exact) mass is 496 g/mol. The van der Waals surface area contributed by atoms with E-state index < -0.39 is 0 Å². The molecule has 8 heteroatoms. The number of piperazine rings is 1. The van der Waals surface area contributed by atoms with Crippen LogP contribution < -0.4 is 15.0 Å². The maximum Gasteiger partial charge on any atom is 0.319 e. The molecule has 5 heterocycles. The Balaban J connectivity index is 1.32. The van der Waals surface area contributed by atoms with Crippen molar-refractivity contribution in [1.29, 1.82) is 0 Å². The Bertz CT molecular complexity index is 1460. The lowest BCUT2D eigenvalue weighted by atomic mass is 10.0. The minimum atomic E-state index is 0.222. The number of nitrogens with one attached hydrogen (secondary N) is 1. The number of aromatic hydroxyl groups is 1. The third kappa shape index (κ3) is 4.24. The van der Waals surface area contributed by atoms with Gasteiger partial charge in [0, 0.05) is 43.0 Å². The van der Waals surface area contributed by atoms with Gasteiger partial charge in [-0.3, -0.25) is 4.98 Å². The summed E-state index contributed by atoms with van der Waals surface area (Å²) in [6.45, 7) is 3.54. The minimum absolute atomic E-state index is 0.222. The molecule has 3 aliphatic heterocycles. The van der Waals surface area contributed by atoms with E-state index in [1.165, 1.54) is 19.3 Å². The van der Waals surface area contributed by atoms with Gasteiger partial charge in [0.25, 0.3) is 0 Å². The third-order valence-corrected chi connectivity index (χ3v) is 8.26. The number of phenolic OH excluding ortho intramolecular Hbond substituents is 1. The van der Waals surface area contributed by atoms with Crippen molar-refractivity contribution >= 4 is 27.5 Å². The third-order valence-electron chi connectivity index (χ3n) is 8.26. The number of benzene rings is 2. The number of ether oxygens (including phenoxy) is 1. The molecular weight excluding hydrogens is 464 g/mol. The molecule has 2 unspecified atom stereocenters. The van der Waals surface area contributed by atoms with Crippen molar-refractivity contribution in [1.82, 2.24) is 25.2 Å². The van der Waals surface area contributed by atoms with Gasteiger partial charge in [0.1, 0.15) is 18.2 Å². The summed E-state index contributed by atoms with van der Waals surface area (Å²) in [5.41, 5.74) is 2.46. The van der Waals surface area contributed by atoms with Crippen LogP contribution >= 0.6 is 0 Å². The highest BCUT2D eigenvalue weighted by atomic mass is 16.5. The molecule has 3 atom stereocenters. The van der Waals surface area contributed by atoms with E-state index in [0.717, 1.165) is 64.8 Å². The van der Waals surface area contributed by atoms with Gasteiger partial charge in [0.05, 0.1) is 16.6 Å². The van der Waals surface area contributed by atoms with Crippen molar-refractivity contribution in [2.75, 3.05) is 38.2 Å². The Labute approximate surface area is 216 Å². The predicted molar refractivity (Wildman–Crippen MR) is 145 cm³/mol. The first-order chi connectivity index (χ1) is 18.1. The normalized spacial score (nSPS) is 23.8. The Hall–Kier alpha value is -3.49. The Morgan fingerprint density at radius 3 is 2.68 bits per heavy atom. The van der Waals surface area contributed by atoms with Crippen LogP contribution in [0.4, 0.5) is 5.82 Å². The molecule has 0 aliphatic carbocycles. The van der Waals surface area contributed by atoms with Crippen LogP contribution in [0.5, 0.6) is 11.8 Å². The largest absolute Gasteiger partial charge is 0.508 e. The van der Waals surface area contributed by atoms with Gasteiger partial charge in [-0.15, -0.1) is 0 Å². The fraction of sp³-hybridized carbons (Fsp3) is 0.414. The first kappa shape index (κ1) is 22.7. The van der Waals surface area contributed by atoms with Crippen LogP contribution in [-0.2, 0) is 0 Å². The predicted octanol–water partition coefficient (Wildman–Crippen LogP) is 3.96. The zero-order valence-electron chi connectivity index (χ0n) is 21.1. The molecule has 2 aromatic heterocycles. The van der Waals surface area contributed by atoms with Gasteiger partial charge in [-0.25, -0.2) is 0 Å². The molecular formula is C29H32N6O2. The lowest BCUT2D eigenvalue weighted by Gasteiger charge is -2.34. The number of phenols is 1. The second-order valence-electron chi connectivity index (χ2n) is 10.8. The number of hydrogen-bond donors (Lipinski definition) is 2. The van der Waals surface area contributed by atoms with E-state index in [4.69, 9.17) is 19.7 Å². The zero-order chi connectivity index (χ0) is 24.9. The Morgan fingerprint density at radius 2 is 1.86 bits per heavy atom. The van der Waals surface area contributed by atoms with Crippen LogP contribution in [-0.4, -0.2) is 76.4 Å². The van der Waals surface area contributed by atoms with E-state index in [1.54, 1.807) is 12.1 Å². The molecule has 0 radical (unpaired) electrons. The van der Waals surface area contributed by atoms with Crippen molar-refractivity contribution < 1.29 is 9.84 Å². The molecule has 2 aromatic carbocycles. The van der Waals surface area contributed by atoms with E-state index in [-0.39, 0.29) is 5.75 Å². The molecule has 4 aromatic rings. The zero-order valence-corrected chi connectivity index (χ0v) is 21.1. The quantitative estimate of drug-likeness (QED) is 0.429. The van der Waals surface area contributed by atoms with Crippen LogP contribution in [0, 0.1) is 0 Å². The number of likely N-dealkylation sites (N-methyl/N-ethyl adjacent to an activating group) is 1. The summed E-state index contributed by atoms with van der Waals surface area (Å²) in [6, 6.07) is 15.4. The SMILES string of the molecule is CN1CCC[C@H]1COc1nc(N2CC3CCC(C2)N3)c2cnc(-c3cc(O)cc4ccccc34)cc2n1. The summed E-state index contributed by atoms with van der Waals surface area (Å²) in [5, 5.41) is 17.1. The van der Waals surface area contributed by atoms with Crippen molar-refractivity contribution in [2.45, 2.75) is 43.8 Å². The van der Waals surface area contributed by atoms with Crippen molar-refractivity contribution in [3.8, 4) is 23.0 Å². The molecule has 0 spiro atoms. The highest BCUT2D eigenvalue weighted by Crippen LogP contribution is 2.35. The summed E-state index contributed by atoms with van der Waals surface area (Å²) in [5.74, 6) is 1.12. The van der Waals surface area contributed by atoms with Crippen LogP contribution in [0.3, 0.4) is 0 Å². The topological polar surface area (TPSA) is 86.6 Å². The Morgan fingerprint density at radius 1 is 1.03 bits per heavy atom. The number of likely N-dealkylation sites (tertiary alicyclic amines) is 1. The van der Waals surface area contributed by atoms with Crippen molar-refractivity contribution in [3.05, 3.63) is 48.7 Å². The van der Waals surface area contributed by atoms with Gasteiger partial charge in [0.2, 0.25) is 0 Å². The lowest BCUT2D eigenvalue weighted by Crippen LogP contribution is -2.51. The molecule has 3 fully saturated rings. The molecule has 2 N–H and O–H groups in total. The van der Waals surface area contributed by atoms with Gasteiger partial charge < -0.3 is 25.0 Å². The molecule has 0 saturated carbocycles. The minimum Gasteiger partial charge on any atom is -0.508 e. The summed E-state index contributed by atoms with van der Waals surface area (Å²) in [7, 11) is 2.15. The Kier molecular flexibility index (Phi) is 5.59. The standard InChI is InChI=1S/C29H32N6O2/c1-34-10-4-6-21(34)17-37-29-32-27-13-26(24-12-22(36)11-18-5-2-3-7-23(18)24)30-14-25(27)28(33-29)35-15-19-8-9-20(16-35)31-19/h2-3,5,7,11-14,19-21,31,36H,4,6,8-10,15-17H2,1H3/t19?,20?,21-/m0/s1. The number of pyridine rings is 1. The second-order valence-corrected chi connectivity index (χ2v) is 10.8. The average Bonchev–Trinajstić information content (AvgIpc) is 3.49. The second kappa shape index (κ2) is 9.11. The molecule has 190 valence electrons. The van der Waals surface area contributed by atoms with E-state index in [1.807, 2.05) is 30.5 Å². The molecule has 2 bridgehead atoms. The summed E-state index contributed by atoms with van der Waals surface area (Å²) in [6.07, 6.45) is 6.63. The average molecular weight is 497 g/mol. The van der Waals surface area contributed by atoms with Gasteiger partial charge in [-0.1, -0.05) is 24.3 Å². The summed E-state index contributed by atoms with van der Waals surface area (Å²) < 4.78 is 6.24. The highest BCUT2D eigenvalue weighted by Gasteiger charge is 2.34. The van der Waals surface area contributed by atoms with E-state index in [9.17, 15) is 5.11 Å². The summed E-state index contributed by atoms with van der Waals surface area (Å²) >= 11 is 0. The van der Waals surface area contributed by atoms with Gasteiger partial charge in [0.15, 0.2) is 0 Å². The maximum atomic E-state index is 10.4. The molecule has 3 saturated heterocycles. The van der Waals surface area contributed by atoms with Crippen LogP contribution in [0.25, 0.3) is 32.9 Å². The van der Waals surface area contributed by atoms with Crippen LogP contribution in [0.15, 0.2) is 48.7 Å². The van der Waals surface area contributed by atoms with Crippen molar-refractivity contribution in [3.63, 3.8) is 0 Å². The number of rotatable bonds is 5. The maximum absolute atomic E-state index is 10.4. The van der Waals surface area contributed by atoms with Crippen LogP contribution in [0.1, 0.15) is 25.7 Å². The molecule has 0 amide bonds. The highest BCUT2D eigenvalue weighted by molar-refractivity contribution is 5.99. The molecule has 7 rings (SSSR count). The van der Waals surface area contributed by atoms with Gasteiger partial charge in [-0.2, -0.15) is 9.97 Å². The number of fused-ring (bicyclic) bond motifs is 4. The van der Waals surface area contributed by atoms with Gasteiger partial charge in [-0.05, 0) is 68.2 Å². The van der Waals surface area contributed by atoms with E-state index in [0.29, 0.717) is 30.7 Å². The first-order valence-corrected chi connectivity index (χ1v) is 13.3. The number of anilines is 1. The first-order valence-electron chi connectivity index (χ1n) is 13.3. The number of aromatic nitrogens is 3. The van der Waals surface area contributed by atoms with Crippen LogP contribution in [0.2, 0.25) is 0 Å². The smallest absolute Gasteiger partial charge is 0.319 e. The lowest BCUT2D eigenvalue weighted by molar-refractivity contribution is 0.188. The number of nitrogens with zero attached hydrogens (tertiary/aromatic N) is 5. The number of hydrogen-bond acceptors (Lipinski definition) is 8. The summed E-state index contributed by atoms with van der Waals surface area (Å²) in [4.78, 5) is 19.4. The molecule has 8 nitrogen and oxygen atoms in total. The van der Waals surface area contributed by atoms with E-state index in [2.05, 4.69) is 28.2 Å². The fourth-order valence-corrected chi connectivity index (χ4v) is 6.28. The van der Waals surface area contributed by atoms with E-state index >= 15 is 0 Å².